The summed E-state index contributed by atoms with van der Waals surface area (Å²) in [4.78, 5) is 0. The third kappa shape index (κ3) is 3.73. The van der Waals surface area contributed by atoms with Gasteiger partial charge in [0.15, 0.2) is 0 Å². The highest BCUT2D eigenvalue weighted by atomic mass is 35.5. The van der Waals surface area contributed by atoms with Crippen LogP contribution in [-0.4, -0.2) is 30.9 Å². The maximum absolute atomic E-state index is 11.2. The lowest BCUT2D eigenvalue weighted by molar-refractivity contribution is -0.129. The van der Waals surface area contributed by atoms with E-state index in [-0.39, 0.29) is 6.10 Å². The van der Waals surface area contributed by atoms with E-state index < -0.39 is 5.60 Å². The minimum absolute atomic E-state index is 0.216. The Hall–Kier alpha value is -0.610. The van der Waals surface area contributed by atoms with Gasteiger partial charge in [0.05, 0.1) is 6.61 Å². The molecule has 3 nitrogen and oxygen atoms in total. The standard InChI is InChI=1S/C16H24ClNO2/c1-2-3-4-8-16(19,15-12-18-9-10-20-15)13-6-5-7-14(17)11-13/h5-7,11,15,18-19H,2-4,8-10,12H2,1H3/t15-,16-/m1/s1. The Labute approximate surface area is 126 Å². The Morgan fingerprint density at radius 2 is 2.30 bits per heavy atom. The van der Waals surface area contributed by atoms with Crippen molar-refractivity contribution in [1.82, 2.24) is 5.32 Å². The van der Waals surface area contributed by atoms with Crippen molar-refractivity contribution in [2.24, 2.45) is 0 Å². The van der Waals surface area contributed by atoms with Crippen LogP contribution < -0.4 is 5.32 Å². The van der Waals surface area contributed by atoms with Gasteiger partial charge in [0.1, 0.15) is 11.7 Å². The second kappa shape index (κ2) is 7.41. The molecule has 0 amide bonds. The van der Waals surface area contributed by atoms with E-state index in [1.54, 1.807) is 0 Å². The number of unbranched alkanes of at least 4 members (excludes halogenated alkanes) is 2. The van der Waals surface area contributed by atoms with E-state index in [4.69, 9.17) is 16.3 Å². The molecule has 0 aliphatic carbocycles. The molecule has 112 valence electrons. The quantitative estimate of drug-likeness (QED) is 0.793. The molecule has 0 aromatic heterocycles. The van der Waals surface area contributed by atoms with Crippen molar-refractivity contribution < 1.29 is 9.84 Å². The molecule has 1 fully saturated rings. The fourth-order valence-electron chi connectivity index (χ4n) is 2.77. The highest BCUT2D eigenvalue weighted by molar-refractivity contribution is 6.30. The number of ether oxygens (including phenoxy) is 1. The second-order valence-electron chi connectivity index (χ2n) is 5.46. The first-order chi connectivity index (χ1) is 9.66. The molecule has 4 heteroatoms. The van der Waals surface area contributed by atoms with Crippen LogP contribution in [0.25, 0.3) is 0 Å². The van der Waals surface area contributed by atoms with Gasteiger partial charge in [-0.2, -0.15) is 0 Å². The summed E-state index contributed by atoms with van der Waals surface area (Å²) in [5.41, 5.74) is -0.108. The summed E-state index contributed by atoms with van der Waals surface area (Å²) in [5, 5.41) is 15.2. The molecule has 0 unspecified atom stereocenters. The number of aliphatic hydroxyl groups is 1. The van der Waals surface area contributed by atoms with Crippen LogP contribution in [0.4, 0.5) is 0 Å². The van der Waals surface area contributed by atoms with E-state index in [0.717, 1.165) is 31.4 Å². The van der Waals surface area contributed by atoms with Gasteiger partial charge in [-0.25, -0.2) is 0 Å². The first-order valence-corrected chi connectivity index (χ1v) is 7.85. The summed E-state index contributed by atoms with van der Waals surface area (Å²) < 4.78 is 5.81. The maximum atomic E-state index is 11.2. The van der Waals surface area contributed by atoms with Crippen LogP contribution in [0, 0.1) is 0 Å². The third-order valence-corrected chi connectivity index (χ3v) is 4.18. The van der Waals surface area contributed by atoms with Crippen LogP contribution in [0.2, 0.25) is 5.02 Å². The largest absolute Gasteiger partial charge is 0.382 e. The number of halogens is 1. The van der Waals surface area contributed by atoms with Crippen LogP contribution >= 0.6 is 11.6 Å². The molecule has 20 heavy (non-hydrogen) atoms. The Kier molecular flexibility index (Phi) is 5.85. The first-order valence-electron chi connectivity index (χ1n) is 7.47. The molecule has 0 saturated carbocycles. The second-order valence-corrected chi connectivity index (χ2v) is 5.89. The molecule has 0 bridgehead atoms. The summed E-state index contributed by atoms with van der Waals surface area (Å²) in [5.74, 6) is 0. The average Bonchev–Trinajstić information content (AvgIpc) is 2.48. The van der Waals surface area contributed by atoms with Crippen molar-refractivity contribution in [1.29, 1.82) is 0 Å². The van der Waals surface area contributed by atoms with Crippen LogP contribution in [0.3, 0.4) is 0 Å². The molecule has 2 rings (SSSR count). The van der Waals surface area contributed by atoms with Crippen molar-refractivity contribution in [2.45, 2.75) is 44.3 Å². The van der Waals surface area contributed by atoms with Crippen LogP contribution in [0.5, 0.6) is 0 Å². The molecule has 1 aromatic rings. The zero-order valence-electron chi connectivity index (χ0n) is 12.1. The third-order valence-electron chi connectivity index (χ3n) is 3.95. The first kappa shape index (κ1) is 15.8. The summed E-state index contributed by atoms with van der Waals surface area (Å²) >= 11 is 6.08. The van der Waals surface area contributed by atoms with Gasteiger partial charge >= 0.3 is 0 Å². The lowest BCUT2D eigenvalue weighted by atomic mass is 9.83. The van der Waals surface area contributed by atoms with Gasteiger partial charge in [-0.05, 0) is 24.1 Å². The van der Waals surface area contributed by atoms with Gasteiger partial charge in [0.25, 0.3) is 0 Å². The lowest BCUT2D eigenvalue weighted by Gasteiger charge is -2.39. The van der Waals surface area contributed by atoms with Gasteiger partial charge in [0.2, 0.25) is 0 Å². The summed E-state index contributed by atoms with van der Waals surface area (Å²) in [6.45, 7) is 4.32. The number of hydrogen-bond acceptors (Lipinski definition) is 3. The zero-order chi connectivity index (χ0) is 14.4. The van der Waals surface area contributed by atoms with Crippen molar-refractivity contribution >= 4 is 11.6 Å². The van der Waals surface area contributed by atoms with Crippen molar-refractivity contribution in [3.05, 3.63) is 34.9 Å². The molecule has 1 aliphatic rings. The van der Waals surface area contributed by atoms with Crippen LogP contribution in [0.1, 0.15) is 38.2 Å². The molecule has 2 N–H and O–H groups in total. The van der Waals surface area contributed by atoms with Gasteiger partial charge in [-0.3, -0.25) is 0 Å². The molecule has 1 saturated heterocycles. The fourth-order valence-corrected chi connectivity index (χ4v) is 2.96. The minimum atomic E-state index is -0.965. The van der Waals surface area contributed by atoms with Crippen LogP contribution in [0.15, 0.2) is 24.3 Å². The number of rotatable bonds is 6. The summed E-state index contributed by atoms with van der Waals surface area (Å²) in [6, 6.07) is 7.51. The molecular formula is C16H24ClNO2. The molecular weight excluding hydrogens is 274 g/mol. The maximum Gasteiger partial charge on any atom is 0.117 e. The smallest absolute Gasteiger partial charge is 0.117 e. The van der Waals surface area contributed by atoms with E-state index in [2.05, 4.69) is 12.2 Å². The highest BCUT2D eigenvalue weighted by Gasteiger charge is 2.39. The van der Waals surface area contributed by atoms with Crippen LogP contribution in [-0.2, 0) is 10.3 Å². The number of morpholine rings is 1. The van der Waals surface area contributed by atoms with E-state index in [1.165, 1.54) is 0 Å². The van der Waals surface area contributed by atoms with Crippen molar-refractivity contribution in [3.8, 4) is 0 Å². The number of nitrogens with one attached hydrogen (secondary N) is 1. The Morgan fingerprint density at radius 1 is 1.45 bits per heavy atom. The van der Waals surface area contributed by atoms with Gasteiger partial charge < -0.3 is 15.2 Å². The SMILES string of the molecule is CCCCC[C@@](O)(c1cccc(Cl)c1)[C@H]1CNCCO1. The normalized spacial score (nSPS) is 22.4. The van der Waals surface area contributed by atoms with Gasteiger partial charge in [0, 0.05) is 18.1 Å². The minimum Gasteiger partial charge on any atom is -0.382 e. The van der Waals surface area contributed by atoms with Gasteiger partial charge in [-0.15, -0.1) is 0 Å². The Balaban J connectivity index is 2.22. The van der Waals surface area contributed by atoms with E-state index in [1.807, 2.05) is 24.3 Å². The topological polar surface area (TPSA) is 41.5 Å². The Morgan fingerprint density at radius 3 is 2.95 bits per heavy atom. The predicted octanol–water partition coefficient (Wildman–Crippen LogP) is 3.10. The monoisotopic (exact) mass is 297 g/mol. The summed E-state index contributed by atoms with van der Waals surface area (Å²) in [7, 11) is 0. The van der Waals surface area contributed by atoms with Crippen molar-refractivity contribution in [3.63, 3.8) is 0 Å². The van der Waals surface area contributed by atoms with E-state index >= 15 is 0 Å². The molecule has 0 radical (unpaired) electrons. The molecule has 0 spiro atoms. The fraction of sp³-hybridized carbons (Fsp3) is 0.625. The van der Waals surface area contributed by atoms with Gasteiger partial charge in [-0.1, -0.05) is 49.9 Å². The highest BCUT2D eigenvalue weighted by Crippen LogP contribution is 2.34. The summed E-state index contributed by atoms with van der Waals surface area (Å²) in [6.07, 6.45) is 3.72. The average molecular weight is 298 g/mol. The number of hydrogen-bond donors (Lipinski definition) is 2. The molecule has 1 aromatic carbocycles. The van der Waals surface area contributed by atoms with E-state index in [9.17, 15) is 5.11 Å². The molecule has 1 aliphatic heterocycles. The number of benzene rings is 1. The molecule has 2 atom stereocenters. The molecule has 1 heterocycles. The van der Waals surface area contributed by atoms with Crippen molar-refractivity contribution in [2.75, 3.05) is 19.7 Å². The lowest BCUT2D eigenvalue weighted by Crippen LogP contribution is -2.51. The predicted molar refractivity (Wildman–Crippen MR) is 82.1 cm³/mol. The van der Waals surface area contributed by atoms with E-state index in [0.29, 0.717) is 24.6 Å². The Bertz CT molecular complexity index is 421. The zero-order valence-corrected chi connectivity index (χ0v) is 12.8.